The Balaban J connectivity index is 1.18. The highest BCUT2D eigenvalue weighted by atomic mass is 35.5. The molecule has 0 spiro atoms. The SMILES string of the molecule is O=C(c1ccc(O)c(-c2nc3cc(-n4nc(C5CC5)cc4-c4ccc(Cl)o4)ccc3n2Cc2ccnc(N3CCC3)c2)c1)N1CCCC1. The van der Waals surface area contributed by atoms with Crippen molar-refractivity contribution in [3.8, 4) is 34.3 Å². The smallest absolute Gasteiger partial charge is 0.253 e. The number of amides is 1. The normalized spacial score (nSPS) is 16.2. The maximum Gasteiger partial charge on any atom is 0.253 e. The highest BCUT2D eigenvalue weighted by Gasteiger charge is 2.29. The van der Waals surface area contributed by atoms with E-state index in [-0.39, 0.29) is 11.7 Å². The number of likely N-dealkylation sites (tertiary alicyclic amines) is 1. The largest absolute Gasteiger partial charge is 0.507 e. The van der Waals surface area contributed by atoms with Crippen molar-refractivity contribution in [3.63, 3.8) is 0 Å². The minimum Gasteiger partial charge on any atom is -0.507 e. The first-order chi connectivity index (χ1) is 23.5. The summed E-state index contributed by atoms with van der Waals surface area (Å²) in [5.41, 5.74) is 6.44. The standard InChI is InChI=1S/C37H34ClN7O3/c38-34-11-10-33(48-34)31-21-28(24-4-5-24)41-45(31)26-7-8-30-29(20-26)40-36(44(30)22-23-12-13-39-35(18-23)42-16-3-17-42)27-19-25(6-9-32(27)46)37(47)43-14-1-2-15-43/h6-13,18-21,24,46H,1-5,14-17,22H2. The molecule has 2 aromatic carbocycles. The second-order valence-electron chi connectivity index (χ2n) is 13.0. The van der Waals surface area contributed by atoms with Crippen molar-refractivity contribution in [1.82, 2.24) is 29.2 Å². The molecule has 1 amide bonds. The van der Waals surface area contributed by atoms with Gasteiger partial charge in [-0.05, 0) is 116 Å². The molecule has 0 radical (unpaired) electrons. The summed E-state index contributed by atoms with van der Waals surface area (Å²) in [7, 11) is 0. The molecule has 1 saturated carbocycles. The zero-order valence-corrected chi connectivity index (χ0v) is 27.1. The lowest BCUT2D eigenvalue weighted by molar-refractivity contribution is 0.0793. The van der Waals surface area contributed by atoms with Gasteiger partial charge in [-0.25, -0.2) is 14.6 Å². The number of pyridine rings is 1. The number of aromatic nitrogens is 5. The predicted octanol–water partition coefficient (Wildman–Crippen LogP) is 7.27. The summed E-state index contributed by atoms with van der Waals surface area (Å²) in [5.74, 6) is 2.68. The Kier molecular flexibility index (Phi) is 7.00. The first-order valence-electron chi connectivity index (χ1n) is 16.7. The number of phenols is 1. The molecule has 6 heterocycles. The fourth-order valence-electron chi connectivity index (χ4n) is 6.83. The Labute approximate surface area is 282 Å². The van der Waals surface area contributed by atoms with Gasteiger partial charge in [-0.2, -0.15) is 5.10 Å². The number of anilines is 1. The van der Waals surface area contributed by atoms with Gasteiger partial charge in [0, 0.05) is 50.4 Å². The van der Waals surface area contributed by atoms with Gasteiger partial charge in [0.25, 0.3) is 5.91 Å². The summed E-state index contributed by atoms with van der Waals surface area (Å²) in [6.45, 7) is 4.01. The third kappa shape index (κ3) is 5.20. The van der Waals surface area contributed by atoms with Crippen LogP contribution in [0.15, 0.2) is 77.3 Å². The molecule has 3 aliphatic rings. The van der Waals surface area contributed by atoms with Gasteiger partial charge in [0.2, 0.25) is 0 Å². The second-order valence-corrected chi connectivity index (χ2v) is 13.4. The van der Waals surface area contributed by atoms with Crippen LogP contribution in [-0.4, -0.2) is 66.4 Å². The monoisotopic (exact) mass is 659 g/mol. The van der Waals surface area contributed by atoms with E-state index in [9.17, 15) is 9.90 Å². The summed E-state index contributed by atoms with van der Waals surface area (Å²) in [6.07, 6.45) is 7.28. The predicted molar refractivity (Wildman–Crippen MR) is 184 cm³/mol. The lowest BCUT2D eigenvalue weighted by atomic mass is 10.1. The molecule has 11 heteroatoms. The van der Waals surface area contributed by atoms with Crippen LogP contribution in [0.4, 0.5) is 5.82 Å². The lowest BCUT2D eigenvalue weighted by Gasteiger charge is -2.32. The van der Waals surface area contributed by atoms with Crippen molar-refractivity contribution in [3.05, 3.63) is 95.0 Å². The summed E-state index contributed by atoms with van der Waals surface area (Å²) in [5, 5.41) is 16.6. The highest BCUT2D eigenvalue weighted by Crippen LogP contribution is 2.42. The van der Waals surface area contributed by atoms with Crippen molar-refractivity contribution >= 4 is 34.4 Å². The Hall–Kier alpha value is -5.09. The number of nitrogens with zero attached hydrogens (tertiary/aromatic N) is 7. The van der Waals surface area contributed by atoms with Crippen LogP contribution in [0, 0.1) is 0 Å². The molecule has 4 aromatic heterocycles. The van der Waals surface area contributed by atoms with E-state index in [0.717, 1.165) is 91.4 Å². The minimum absolute atomic E-state index is 0.0253. The van der Waals surface area contributed by atoms with Crippen molar-refractivity contribution in [1.29, 1.82) is 0 Å². The Morgan fingerprint density at radius 1 is 0.938 bits per heavy atom. The molecule has 242 valence electrons. The molecule has 1 aliphatic carbocycles. The summed E-state index contributed by atoms with van der Waals surface area (Å²) >= 11 is 6.17. The average Bonchev–Trinajstić information content (AvgIpc) is 3.43. The lowest BCUT2D eigenvalue weighted by Crippen LogP contribution is -2.37. The van der Waals surface area contributed by atoms with E-state index >= 15 is 0 Å². The number of carbonyl (C=O) groups excluding carboxylic acids is 1. The highest BCUT2D eigenvalue weighted by molar-refractivity contribution is 6.29. The Bertz CT molecular complexity index is 2190. The number of carbonyl (C=O) groups is 1. The van der Waals surface area contributed by atoms with E-state index < -0.39 is 0 Å². The summed E-state index contributed by atoms with van der Waals surface area (Å²) in [6, 6.07) is 21.0. The minimum atomic E-state index is -0.0253. The molecule has 10 nitrogen and oxygen atoms in total. The number of aromatic hydroxyl groups is 1. The Morgan fingerprint density at radius 3 is 2.54 bits per heavy atom. The van der Waals surface area contributed by atoms with Crippen LogP contribution in [0.2, 0.25) is 5.22 Å². The van der Waals surface area contributed by atoms with Gasteiger partial charge < -0.3 is 23.9 Å². The molecule has 3 fully saturated rings. The van der Waals surface area contributed by atoms with Crippen LogP contribution in [-0.2, 0) is 6.54 Å². The molecule has 48 heavy (non-hydrogen) atoms. The molecule has 1 N–H and O–H groups in total. The van der Waals surface area contributed by atoms with Gasteiger partial charge in [-0.3, -0.25) is 4.79 Å². The molecule has 0 unspecified atom stereocenters. The fraction of sp³-hybridized carbons (Fsp3) is 0.297. The average molecular weight is 660 g/mol. The number of rotatable bonds is 8. The van der Waals surface area contributed by atoms with Gasteiger partial charge in [0.15, 0.2) is 11.0 Å². The second kappa shape index (κ2) is 11.6. The third-order valence-corrected chi connectivity index (χ3v) is 9.94. The molecule has 2 aliphatic heterocycles. The first-order valence-corrected chi connectivity index (χ1v) is 17.1. The van der Waals surface area contributed by atoms with Gasteiger partial charge in [0.05, 0.1) is 28.0 Å². The van der Waals surface area contributed by atoms with Crippen LogP contribution in [0.1, 0.15) is 59.6 Å². The maximum absolute atomic E-state index is 13.4. The van der Waals surface area contributed by atoms with Crippen molar-refractivity contribution < 1.29 is 14.3 Å². The van der Waals surface area contributed by atoms with E-state index in [0.29, 0.717) is 40.4 Å². The number of furan rings is 1. The molecule has 6 aromatic rings. The first kappa shape index (κ1) is 29.1. The van der Waals surface area contributed by atoms with Crippen molar-refractivity contribution in [2.24, 2.45) is 0 Å². The number of imidazole rings is 1. The van der Waals surface area contributed by atoms with Gasteiger partial charge in [-0.1, -0.05) is 0 Å². The molecular formula is C37H34ClN7O3. The van der Waals surface area contributed by atoms with Crippen LogP contribution < -0.4 is 4.90 Å². The van der Waals surface area contributed by atoms with Crippen LogP contribution in [0.25, 0.3) is 39.6 Å². The number of hydrogen-bond acceptors (Lipinski definition) is 7. The molecule has 9 rings (SSSR count). The number of fused-ring (bicyclic) bond motifs is 1. The fourth-order valence-corrected chi connectivity index (χ4v) is 6.97. The van der Waals surface area contributed by atoms with E-state index in [1.54, 1.807) is 24.3 Å². The number of benzene rings is 2. The van der Waals surface area contributed by atoms with Gasteiger partial charge >= 0.3 is 0 Å². The van der Waals surface area contributed by atoms with E-state index in [2.05, 4.69) is 26.6 Å². The topological polar surface area (TPSA) is 105 Å². The van der Waals surface area contributed by atoms with E-state index in [4.69, 9.17) is 26.1 Å². The third-order valence-electron chi connectivity index (χ3n) is 9.73. The van der Waals surface area contributed by atoms with Crippen molar-refractivity contribution in [2.75, 3.05) is 31.1 Å². The van der Waals surface area contributed by atoms with Gasteiger partial charge in [0.1, 0.15) is 23.1 Å². The van der Waals surface area contributed by atoms with E-state index in [1.165, 1.54) is 6.42 Å². The summed E-state index contributed by atoms with van der Waals surface area (Å²) in [4.78, 5) is 27.3. The van der Waals surface area contributed by atoms with Crippen LogP contribution >= 0.6 is 11.6 Å². The Morgan fingerprint density at radius 2 is 1.79 bits per heavy atom. The van der Waals surface area contributed by atoms with E-state index in [1.807, 2.05) is 46.1 Å². The number of phenolic OH excluding ortho intramolecular Hbond substituents is 1. The molecule has 0 atom stereocenters. The number of hydrogen-bond donors (Lipinski definition) is 1. The van der Waals surface area contributed by atoms with Gasteiger partial charge in [-0.15, -0.1) is 0 Å². The zero-order valence-electron chi connectivity index (χ0n) is 26.3. The van der Waals surface area contributed by atoms with Crippen molar-refractivity contribution in [2.45, 2.75) is 44.6 Å². The van der Waals surface area contributed by atoms with Crippen LogP contribution in [0.3, 0.4) is 0 Å². The maximum atomic E-state index is 13.4. The summed E-state index contributed by atoms with van der Waals surface area (Å²) < 4.78 is 9.83. The molecule has 0 bridgehead atoms. The van der Waals surface area contributed by atoms with Crippen LogP contribution in [0.5, 0.6) is 5.75 Å². The quantitative estimate of drug-likeness (QED) is 0.183. The number of halogens is 1. The molecule has 2 saturated heterocycles. The molecular weight excluding hydrogens is 626 g/mol. The zero-order chi connectivity index (χ0) is 32.4.